The molecule has 1 aromatic heterocycles. The van der Waals surface area contributed by atoms with E-state index in [1.807, 2.05) is 13.0 Å². The Balaban J connectivity index is 2.12. The minimum absolute atomic E-state index is 0.0917. The summed E-state index contributed by atoms with van der Waals surface area (Å²) in [6.45, 7) is 1.84. The molecule has 8 heteroatoms. The van der Waals surface area contributed by atoms with Crippen molar-refractivity contribution in [3.8, 4) is 0 Å². The van der Waals surface area contributed by atoms with Crippen molar-refractivity contribution >= 4 is 34.7 Å². The Labute approximate surface area is 118 Å². The molecule has 0 fully saturated rings. The molecule has 0 bridgehead atoms. The number of anilines is 1. The lowest BCUT2D eigenvalue weighted by Crippen LogP contribution is -1.97. The quantitative estimate of drug-likeness (QED) is 0.519. The molecule has 0 aliphatic carbocycles. The summed E-state index contributed by atoms with van der Waals surface area (Å²) < 4.78 is 4.97. The number of aromatic nitrogens is 2. The highest BCUT2D eigenvalue weighted by Crippen LogP contribution is 2.29. The summed E-state index contributed by atoms with van der Waals surface area (Å²) in [5.41, 5.74) is 1.50. The Morgan fingerprint density at radius 3 is 2.89 bits per heavy atom. The number of nitro groups is 1. The van der Waals surface area contributed by atoms with Crippen LogP contribution in [0.1, 0.15) is 11.4 Å². The molecule has 0 saturated carbocycles. The molecule has 0 saturated heterocycles. The first-order valence-electron chi connectivity index (χ1n) is 5.48. The van der Waals surface area contributed by atoms with Crippen LogP contribution >= 0.6 is 23.3 Å². The van der Waals surface area contributed by atoms with Gasteiger partial charge < -0.3 is 5.32 Å². The predicted molar refractivity (Wildman–Crippen MR) is 76.9 cm³/mol. The molecule has 0 amide bonds. The summed E-state index contributed by atoms with van der Waals surface area (Å²) in [6, 6.07) is 5.19. The van der Waals surface area contributed by atoms with Gasteiger partial charge in [0.15, 0.2) is 4.34 Å². The molecule has 19 heavy (non-hydrogen) atoms. The molecule has 0 unspecified atom stereocenters. The van der Waals surface area contributed by atoms with E-state index in [9.17, 15) is 10.1 Å². The molecule has 6 nitrogen and oxygen atoms in total. The molecular weight excluding hydrogens is 284 g/mol. The average molecular weight is 296 g/mol. The maximum absolute atomic E-state index is 10.9. The van der Waals surface area contributed by atoms with Gasteiger partial charge in [0.1, 0.15) is 11.5 Å². The molecule has 0 atom stereocenters. The second kappa shape index (κ2) is 5.98. The maximum atomic E-state index is 10.9. The first-order chi connectivity index (χ1) is 9.10. The third kappa shape index (κ3) is 3.42. The second-order valence-electron chi connectivity index (χ2n) is 3.75. The van der Waals surface area contributed by atoms with Crippen LogP contribution in [0.2, 0.25) is 0 Å². The van der Waals surface area contributed by atoms with Crippen molar-refractivity contribution in [1.82, 2.24) is 9.36 Å². The highest BCUT2D eigenvalue weighted by molar-refractivity contribution is 8.00. The molecule has 1 aromatic carbocycles. The Morgan fingerprint density at radius 2 is 2.32 bits per heavy atom. The number of hydrogen-bond acceptors (Lipinski definition) is 7. The van der Waals surface area contributed by atoms with Gasteiger partial charge in [0, 0.05) is 18.9 Å². The zero-order valence-electron chi connectivity index (χ0n) is 10.4. The van der Waals surface area contributed by atoms with E-state index < -0.39 is 0 Å². The Bertz CT molecular complexity index is 600. The lowest BCUT2D eigenvalue weighted by molar-refractivity contribution is -0.384. The van der Waals surface area contributed by atoms with Crippen LogP contribution in [0, 0.1) is 17.0 Å². The van der Waals surface area contributed by atoms with Gasteiger partial charge in [-0.25, -0.2) is 4.98 Å². The molecule has 0 aliphatic rings. The molecule has 1 N–H and O–H groups in total. The van der Waals surface area contributed by atoms with Crippen LogP contribution in [0.3, 0.4) is 0 Å². The van der Waals surface area contributed by atoms with Crippen LogP contribution in [0.5, 0.6) is 0 Å². The summed E-state index contributed by atoms with van der Waals surface area (Å²) in [4.78, 5) is 14.8. The van der Waals surface area contributed by atoms with E-state index in [1.54, 1.807) is 19.2 Å². The second-order valence-corrected chi connectivity index (χ2v) is 5.73. The van der Waals surface area contributed by atoms with Crippen LogP contribution < -0.4 is 5.32 Å². The first-order valence-corrected chi connectivity index (χ1v) is 7.24. The zero-order chi connectivity index (χ0) is 13.8. The third-order valence-corrected chi connectivity index (χ3v) is 4.40. The van der Waals surface area contributed by atoms with Crippen molar-refractivity contribution in [2.75, 3.05) is 12.4 Å². The van der Waals surface area contributed by atoms with Crippen LogP contribution in [-0.4, -0.2) is 21.3 Å². The molecule has 100 valence electrons. The third-order valence-electron chi connectivity index (χ3n) is 2.40. The van der Waals surface area contributed by atoms with Gasteiger partial charge in [-0.15, -0.1) is 0 Å². The van der Waals surface area contributed by atoms with E-state index in [-0.39, 0.29) is 10.6 Å². The van der Waals surface area contributed by atoms with Crippen molar-refractivity contribution in [3.05, 3.63) is 39.7 Å². The predicted octanol–water partition coefficient (Wildman–Crippen LogP) is 3.09. The fourth-order valence-electron chi connectivity index (χ4n) is 1.51. The first kappa shape index (κ1) is 13.8. The van der Waals surface area contributed by atoms with Gasteiger partial charge in [-0.3, -0.25) is 10.1 Å². The van der Waals surface area contributed by atoms with Crippen LogP contribution in [0.4, 0.5) is 11.4 Å². The summed E-state index contributed by atoms with van der Waals surface area (Å²) in [7, 11) is 1.67. The smallest absolute Gasteiger partial charge is 0.292 e. The lowest BCUT2D eigenvalue weighted by Gasteiger charge is -2.04. The van der Waals surface area contributed by atoms with Gasteiger partial charge in [0.25, 0.3) is 5.69 Å². The van der Waals surface area contributed by atoms with Gasteiger partial charge in [-0.1, -0.05) is 17.8 Å². The SMILES string of the molecule is CNc1ccc(CSc2nc(C)ns2)cc1[N+](=O)[O-]. The number of nitro benzene ring substituents is 1. The summed E-state index contributed by atoms with van der Waals surface area (Å²) in [5, 5.41) is 13.8. The van der Waals surface area contributed by atoms with E-state index in [1.165, 1.54) is 23.3 Å². The zero-order valence-corrected chi connectivity index (χ0v) is 12.0. The molecule has 2 aromatic rings. The van der Waals surface area contributed by atoms with Gasteiger partial charge >= 0.3 is 0 Å². The topological polar surface area (TPSA) is 81.0 Å². The van der Waals surface area contributed by atoms with Gasteiger partial charge in [-0.2, -0.15) is 4.37 Å². The Kier molecular flexibility index (Phi) is 4.33. The molecule has 0 radical (unpaired) electrons. The molecule has 1 heterocycles. The molecular formula is C11H12N4O2S2. The number of benzene rings is 1. The Morgan fingerprint density at radius 1 is 1.53 bits per heavy atom. The fraction of sp³-hybridized carbons (Fsp3) is 0.273. The van der Waals surface area contributed by atoms with Crippen molar-refractivity contribution in [3.63, 3.8) is 0 Å². The maximum Gasteiger partial charge on any atom is 0.292 e. The van der Waals surface area contributed by atoms with E-state index >= 15 is 0 Å². The van der Waals surface area contributed by atoms with E-state index in [2.05, 4.69) is 14.7 Å². The molecule has 0 spiro atoms. The highest BCUT2D eigenvalue weighted by Gasteiger charge is 2.13. The average Bonchev–Trinajstić information content (AvgIpc) is 2.81. The minimum atomic E-state index is -0.380. The number of aryl methyl sites for hydroxylation is 1. The summed E-state index contributed by atoms with van der Waals surface area (Å²) in [5.74, 6) is 1.39. The monoisotopic (exact) mass is 296 g/mol. The lowest BCUT2D eigenvalue weighted by atomic mass is 10.2. The van der Waals surface area contributed by atoms with Gasteiger partial charge in [-0.05, 0) is 30.1 Å². The van der Waals surface area contributed by atoms with Gasteiger partial charge in [0.2, 0.25) is 0 Å². The van der Waals surface area contributed by atoms with Crippen LogP contribution in [0.15, 0.2) is 22.5 Å². The standard InChI is InChI=1S/C11H12N4O2S2/c1-7-13-11(19-14-7)18-6-8-3-4-9(12-2)10(5-8)15(16)17/h3-5,12H,6H2,1-2H3. The Hall–Kier alpha value is -1.67. The number of nitrogens with zero attached hydrogens (tertiary/aromatic N) is 3. The number of nitrogens with one attached hydrogen (secondary N) is 1. The fourth-order valence-corrected chi connectivity index (χ4v) is 3.10. The number of hydrogen-bond donors (Lipinski definition) is 1. The minimum Gasteiger partial charge on any atom is -0.383 e. The number of rotatable bonds is 5. The van der Waals surface area contributed by atoms with Crippen molar-refractivity contribution in [1.29, 1.82) is 0 Å². The van der Waals surface area contributed by atoms with Crippen molar-refractivity contribution in [2.24, 2.45) is 0 Å². The van der Waals surface area contributed by atoms with E-state index in [4.69, 9.17) is 0 Å². The van der Waals surface area contributed by atoms with Crippen LogP contribution in [-0.2, 0) is 5.75 Å². The molecule has 2 rings (SSSR count). The largest absolute Gasteiger partial charge is 0.383 e. The number of thioether (sulfide) groups is 1. The van der Waals surface area contributed by atoms with E-state index in [0.717, 1.165) is 15.7 Å². The molecule has 0 aliphatic heterocycles. The summed E-state index contributed by atoms with van der Waals surface area (Å²) >= 11 is 2.87. The van der Waals surface area contributed by atoms with E-state index in [0.29, 0.717) is 11.4 Å². The highest BCUT2D eigenvalue weighted by atomic mass is 32.2. The van der Waals surface area contributed by atoms with Crippen LogP contribution in [0.25, 0.3) is 0 Å². The van der Waals surface area contributed by atoms with Crippen molar-refractivity contribution in [2.45, 2.75) is 17.0 Å². The normalized spacial score (nSPS) is 10.4. The van der Waals surface area contributed by atoms with Crippen molar-refractivity contribution < 1.29 is 4.92 Å². The van der Waals surface area contributed by atoms with Gasteiger partial charge in [0.05, 0.1) is 4.92 Å². The summed E-state index contributed by atoms with van der Waals surface area (Å²) in [6.07, 6.45) is 0.